The molecule has 0 saturated carbocycles. The lowest BCUT2D eigenvalue weighted by atomic mass is 9.93. The summed E-state index contributed by atoms with van der Waals surface area (Å²) in [7, 11) is 0. The van der Waals surface area contributed by atoms with Crippen LogP contribution in [0, 0.1) is 5.92 Å². The van der Waals surface area contributed by atoms with Crippen LogP contribution in [0.4, 0.5) is 4.79 Å². The summed E-state index contributed by atoms with van der Waals surface area (Å²) >= 11 is 0. The molecule has 11 nitrogen and oxygen atoms in total. The lowest BCUT2D eigenvalue weighted by Crippen LogP contribution is -2.35. The van der Waals surface area contributed by atoms with E-state index in [2.05, 4.69) is 4.84 Å². The molecular weight excluding hydrogens is 388 g/mol. The lowest BCUT2D eigenvalue weighted by Gasteiger charge is -2.22. The Morgan fingerprint density at radius 3 is 1.93 bits per heavy atom. The van der Waals surface area contributed by atoms with Crippen LogP contribution in [0.2, 0.25) is 0 Å². The molecule has 3 aliphatic rings. The summed E-state index contributed by atoms with van der Waals surface area (Å²) in [5.74, 6) is -3.63. The van der Waals surface area contributed by atoms with Crippen LogP contribution in [0.5, 0.6) is 0 Å². The van der Waals surface area contributed by atoms with Crippen LogP contribution < -0.4 is 0 Å². The molecular formula is C18H20N2O9. The molecule has 1 aliphatic carbocycles. The maximum atomic E-state index is 12.3. The number of carbonyl (C=O) groups excluding carboxylic acids is 6. The van der Waals surface area contributed by atoms with Crippen molar-refractivity contribution in [3.8, 4) is 0 Å². The van der Waals surface area contributed by atoms with Crippen molar-refractivity contribution in [1.82, 2.24) is 10.1 Å². The van der Waals surface area contributed by atoms with Crippen LogP contribution in [0.15, 0.2) is 12.2 Å². The molecule has 0 spiro atoms. The standard InChI is InChI=1S/C18H20N2O9/c21-13-7-8-14(22)19(13)28-17(25)11-3-1-2-4-12(6-5-11)27-18(26)29-20-15(23)9-10-16(20)24/h2,4,11-12H,1,3,5-10H2/b4-2+/t11?,12-/m0/s1. The van der Waals surface area contributed by atoms with Crippen LogP contribution in [0.1, 0.15) is 51.4 Å². The lowest BCUT2D eigenvalue weighted by molar-refractivity contribution is -0.201. The number of ether oxygens (including phenoxy) is 1. The Kier molecular flexibility index (Phi) is 6.25. The minimum atomic E-state index is -1.20. The Morgan fingerprint density at radius 1 is 0.793 bits per heavy atom. The first-order valence-corrected chi connectivity index (χ1v) is 9.33. The summed E-state index contributed by atoms with van der Waals surface area (Å²) in [6.45, 7) is 0. The number of hydrogen-bond donors (Lipinski definition) is 0. The largest absolute Gasteiger partial charge is 0.534 e. The van der Waals surface area contributed by atoms with E-state index in [-0.39, 0.29) is 38.5 Å². The van der Waals surface area contributed by atoms with Gasteiger partial charge in [0.1, 0.15) is 6.10 Å². The molecule has 2 aliphatic heterocycles. The fraction of sp³-hybridized carbons (Fsp3) is 0.556. The van der Waals surface area contributed by atoms with Crippen molar-refractivity contribution in [2.24, 2.45) is 5.92 Å². The van der Waals surface area contributed by atoms with E-state index in [1.165, 1.54) is 0 Å². The first-order chi connectivity index (χ1) is 13.8. The van der Waals surface area contributed by atoms with Gasteiger partial charge in [-0.2, -0.15) is 0 Å². The number of rotatable bonds is 4. The van der Waals surface area contributed by atoms with Gasteiger partial charge in [-0.25, -0.2) is 9.59 Å². The molecule has 3 rings (SSSR count). The SMILES string of the molecule is O=C(O[C@H]1/C=C/CCC(C(=O)ON2C(=O)CCC2=O)CC1)ON1C(=O)CCC1=O. The van der Waals surface area contributed by atoms with Gasteiger partial charge in [0, 0.05) is 25.7 Å². The molecule has 0 bridgehead atoms. The molecule has 1 unspecified atom stereocenters. The second kappa shape index (κ2) is 8.84. The van der Waals surface area contributed by atoms with Crippen LogP contribution in [-0.2, 0) is 38.4 Å². The summed E-state index contributed by atoms with van der Waals surface area (Å²) in [6, 6.07) is 0. The number of amides is 4. The van der Waals surface area contributed by atoms with E-state index in [1.54, 1.807) is 12.2 Å². The monoisotopic (exact) mass is 408 g/mol. The minimum Gasteiger partial charge on any atom is -0.425 e. The Labute approximate surface area is 165 Å². The number of hydroxylamine groups is 4. The first-order valence-electron chi connectivity index (χ1n) is 9.33. The number of hydrogen-bond acceptors (Lipinski definition) is 9. The van der Waals surface area contributed by atoms with Gasteiger partial charge in [0.05, 0.1) is 5.92 Å². The van der Waals surface area contributed by atoms with Crippen molar-refractivity contribution >= 4 is 35.8 Å². The van der Waals surface area contributed by atoms with E-state index < -0.39 is 47.8 Å². The van der Waals surface area contributed by atoms with Gasteiger partial charge in [-0.05, 0) is 31.8 Å². The van der Waals surface area contributed by atoms with Gasteiger partial charge in [-0.15, -0.1) is 5.06 Å². The Bertz CT molecular complexity index is 743. The molecule has 2 heterocycles. The maximum absolute atomic E-state index is 12.3. The zero-order chi connectivity index (χ0) is 21.0. The fourth-order valence-electron chi connectivity index (χ4n) is 3.19. The predicted molar refractivity (Wildman–Crippen MR) is 90.7 cm³/mol. The molecule has 0 N–H and O–H groups in total. The number of nitrogens with zero attached hydrogens (tertiary/aromatic N) is 2. The molecule has 0 aromatic carbocycles. The summed E-state index contributed by atoms with van der Waals surface area (Å²) in [5, 5.41) is 0.894. The van der Waals surface area contributed by atoms with E-state index in [1.807, 2.05) is 0 Å². The molecule has 29 heavy (non-hydrogen) atoms. The minimum absolute atomic E-state index is 0.0135. The second-order valence-corrected chi connectivity index (χ2v) is 6.85. The number of imide groups is 2. The summed E-state index contributed by atoms with van der Waals surface area (Å²) in [6.07, 6.45) is 2.84. The predicted octanol–water partition coefficient (Wildman–Crippen LogP) is 0.926. The molecule has 0 radical (unpaired) electrons. The molecule has 156 valence electrons. The highest BCUT2D eigenvalue weighted by atomic mass is 16.8. The number of carbonyl (C=O) groups is 6. The Hall–Kier alpha value is -3.24. The molecule has 2 saturated heterocycles. The average Bonchev–Trinajstić information content (AvgIpc) is 3.14. The smallest absolute Gasteiger partial charge is 0.425 e. The van der Waals surface area contributed by atoms with Gasteiger partial charge in [-0.3, -0.25) is 24.0 Å². The molecule has 4 amide bonds. The molecule has 2 fully saturated rings. The van der Waals surface area contributed by atoms with E-state index in [4.69, 9.17) is 9.57 Å². The topological polar surface area (TPSA) is 137 Å². The van der Waals surface area contributed by atoms with Gasteiger partial charge >= 0.3 is 12.1 Å². The molecule has 2 atom stereocenters. The van der Waals surface area contributed by atoms with Crippen LogP contribution >= 0.6 is 0 Å². The zero-order valence-corrected chi connectivity index (χ0v) is 15.5. The summed E-state index contributed by atoms with van der Waals surface area (Å²) in [5.41, 5.74) is 0. The van der Waals surface area contributed by atoms with Gasteiger partial charge in [0.2, 0.25) is 0 Å². The van der Waals surface area contributed by atoms with Crippen molar-refractivity contribution in [3.05, 3.63) is 12.2 Å². The highest BCUT2D eigenvalue weighted by Crippen LogP contribution is 2.24. The third-order valence-corrected chi connectivity index (χ3v) is 4.77. The zero-order valence-electron chi connectivity index (χ0n) is 15.5. The summed E-state index contributed by atoms with van der Waals surface area (Å²) < 4.78 is 5.12. The number of allylic oxidation sites excluding steroid dienone is 1. The van der Waals surface area contributed by atoms with Crippen molar-refractivity contribution in [3.63, 3.8) is 0 Å². The normalized spacial score (nSPS) is 26.2. The van der Waals surface area contributed by atoms with Gasteiger partial charge in [0.15, 0.2) is 0 Å². The molecule has 0 aromatic rings. The van der Waals surface area contributed by atoms with Gasteiger partial charge in [-0.1, -0.05) is 11.1 Å². The van der Waals surface area contributed by atoms with E-state index in [0.29, 0.717) is 23.0 Å². The van der Waals surface area contributed by atoms with Gasteiger partial charge in [0.25, 0.3) is 23.6 Å². The quantitative estimate of drug-likeness (QED) is 0.378. The summed E-state index contributed by atoms with van der Waals surface area (Å²) in [4.78, 5) is 79.9. The van der Waals surface area contributed by atoms with Crippen LogP contribution in [-0.4, -0.2) is 52.0 Å². The third-order valence-electron chi connectivity index (χ3n) is 4.77. The average molecular weight is 408 g/mol. The van der Waals surface area contributed by atoms with Crippen molar-refractivity contribution in [2.45, 2.75) is 57.5 Å². The Morgan fingerprint density at radius 2 is 1.34 bits per heavy atom. The maximum Gasteiger partial charge on any atom is 0.534 e. The first kappa shape index (κ1) is 20.5. The van der Waals surface area contributed by atoms with E-state index >= 15 is 0 Å². The van der Waals surface area contributed by atoms with E-state index in [9.17, 15) is 28.8 Å². The van der Waals surface area contributed by atoms with Gasteiger partial charge < -0.3 is 9.57 Å². The highest BCUT2D eigenvalue weighted by Gasteiger charge is 2.36. The second-order valence-electron chi connectivity index (χ2n) is 6.85. The Balaban J connectivity index is 1.51. The highest BCUT2D eigenvalue weighted by molar-refractivity contribution is 6.02. The fourth-order valence-corrected chi connectivity index (χ4v) is 3.19. The van der Waals surface area contributed by atoms with Crippen molar-refractivity contribution < 1.29 is 43.2 Å². The third kappa shape index (κ3) is 4.98. The molecule has 0 aromatic heterocycles. The van der Waals surface area contributed by atoms with Crippen LogP contribution in [0.25, 0.3) is 0 Å². The van der Waals surface area contributed by atoms with E-state index in [0.717, 1.165) is 0 Å². The molecule has 11 heteroatoms. The van der Waals surface area contributed by atoms with Crippen LogP contribution in [0.3, 0.4) is 0 Å². The van der Waals surface area contributed by atoms with Crippen molar-refractivity contribution in [2.75, 3.05) is 0 Å². The van der Waals surface area contributed by atoms with Crippen molar-refractivity contribution in [1.29, 1.82) is 0 Å².